The Balaban J connectivity index is 2.21. The van der Waals surface area contributed by atoms with Crippen molar-refractivity contribution in [3.8, 4) is 0 Å². The Hall–Kier alpha value is -1.34. The lowest BCUT2D eigenvalue weighted by atomic mass is 10.2. The number of aryl methyl sites for hydroxylation is 2. The van der Waals surface area contributed by atoms with Gasteiger partial charge in [-0.2, -0.15) is 0 Å². The third-order valence-electron chi connectivity index (χ3n) is 3.13. The van der Waals surface area contributed by atoms with E-state index in [9.17, 15) is 8.78 Å². The molecule has 0 radical (unpaired) electrons. The first-order chi connectivity index (χ1) is 10.0. The van der Waals surface area contributed by atoms with Crippen LogP contribution < -0.4 is 5.32 Å². The van der Waals surface area contributed by atoms with Crippen LogP contribution >= 0.6 is 11.3 Å². The number of rotatable bonds is 7. The van der Waals surface area contributed by atoms with Crippen molar-refractivity contribution in [3.05, 3.63) is 16.3 Å². The van der Waals surface area contributed by atoms with Crippen LogP contribution in [0.5, 0.6) is 0 Å². The van der Waals surface area contributed by atoms with Crippen LogP contribution in [-0.4, -0.2) is 36.2 Å². The molecule has 0 spiro atoms. The summed E-state index contributed by atoms with van der Waals surface area (Å²) in [5.74, 6) is 1.43. The summed E-state index contributed by atoms with van der Waals surface area (Å²) in [6, 6.07) is 0. The Bertz CT molecular complexity index is 616. The molecule has 0 saturated carbocycles. The Morgan fingerprint density at radius 3 is 2.71 bits per heavy atom. The number of hydrogen-bond donors (Lipinski definition) is 1. The zero-order valence-corrected chi connectivity index (χ0v) is 13.2. The molecule has 21 heavy (non-hydrogen) atoms. The van der Waals surface area contributed by atoms with E-state index in [0.717, 1.165) is 22.6 Å². The van der Waals surface area contributed by atoms with Crippen LogP contribution in [0.3, 0.4) is 0 Å². The molecular weight excluding hydrogens is 296 g/mol. The number of nitrogens with zero attached hydrogens (tertiary/aromatic N) is 2. The molecule has 1 N–H and O–H groups in total. The first-order valence-corrected chi connectivity index (χ1v) is 7.71. The van der Waals surface area contributed by atoms with Gasteiger partial charge >= 0.3 is 0 Å². The predicted octanol–water partition coefficient (Wildman–Crippen LogP) is 3.56. The molecule has 0 amide bonds. The summed E-state index contributed by atoms with van der Waals surface area (Å²) in [6.45, 7) is 6.55. The molecule has 2 rings (SSSR count). The summed E-state index contributed by atoms with van der Waals surface area (Å²) < 4.78 is 28.9. The van der Waals surface area contributed by atoms with E-state index in [0.29, 0.717) is 12.2 Å². The van der Waals surface area contributed by atoms with E-state index in [1.165, 1.54) is 10.4 Å². The number of hydrogen-bond acceptors (Lipinski definition) is 5. The fourth-order valence-corrected chi connectivity index (χ4v) is 3.08. The fraction of sp³-hybridized carbons (Fsp3) is 0.571. The Morgan fingerprint density at radius 2 is 2.05 bits per heavy atom. The summed E-state index contributed by atoms with van der Waals surface area (Å²) in [5, 5.41) is 4.30. The summed E-state index contributed by atoms with van der Waals surface area (Å²) in [4.78, 5) is 11.2. The molecule has 0 saturated heterocycles. The maximum Gasteiger partial charge on any atom is 0.261 e. The third-order valence-corrected chi connectivity index (χ3v) is 4.23. The van der Waals surface area contributed by atoms with Crippen molar-refractivity contribution >= 4 is 27.4 Å². The molecule has 0 aromatic carbocycles. The average molecular weight is 315 g/mol. The smallest absolute Gasteiger partial charge is 0.261 e. The van der Waals surface area contributed by atoms with Crippen molar-refractivity contribution in [2.75, 3.05) is 25.1 Å². The first-order valence-electron chi connectivity index (χ1n) is 6.89. The van der Waals surface area contributed by atoms with Crippen molar-refractivity contribution in [1.29, 1.82) is 0 Å². The quantitative estimate of drug-likeness (QED) is 0.794. The minimum atomic E-state index is -2.44. The number of halogens is 2. The molecule has 0 fully saturated rings. The third kappa shape index (κ3) is 3.85. The normalized spacial score (nSPS) is 11.5. The van der Waals surface area contributed by atoms with Gasteiger partial charge in [-0.25, -0.2) is 18.7 Å². The molecule has 116 valence electrons. The van der Waals surface area contributed by atoms with Crippen molar-refractivity contribution < 1.29 is 13.5 Å². The van der Waals surface area contributed by atoms with Gasteiger partial charge in [0, 0.05) is 17.8 Å². The monoisotopic (exact) mass is 315 g/mol. The first kappa shape index (κ1) is 16.0. The van der Waals surface area contributed by atoms with Crippen LogP contribution in [-0.2, 0) is 11.2 Å². The van der Waals surface area contributed by atoms with Crippen LogP contribution in [0, 0.1) is 13.8 Å². The van der Waals surface area contributed by atoms with E-state index in [4.69, 9.17) is 4.74 Å². The molecule has 0 aliphatic carbocycles. The molecule has 0 unspecified atom stereocenters. The second-order valence-corrected chi connectivity index (χ2v) is 5.90. The van der Waals surface area contributed by atoms with Gasteiger partial charge in [0.25, 0.3) is 6.43 Å². The number of nitrogens with one attached hydrogen (secondary N) is 1. The van der Waals surface area contributed by atoms with Crippen LogP contribution in [0.15, 0.2) is 0 Å². The molecule has 7 heteroatoms. The number of fused-ring (bicyclic) bond motifs is 1. The SMILES string of the molecule is CCNc1nc(CCOCC(F)F)nc2sc(C)c(C)c12. The maximum absolute atomic E-state index is 12.0. The van der Waals surface area contributed by atoms with Gasteiger partial charge in [0.2, 0.25) is 0 Å². The van der Waals surface area contributed by atoms with Gasteiger partial charge in [-0.15, -0.1) is 11.3 Å². The minimum Gasteiger partial charge on any atom is -0.375 e. The fourth-order valence-electron chi connectivity index (χ4n) is 2.04. The standard InChI is InChI=1S/C14H19F2N3OS/c1-4-17-13-12-8(2)9(3)21-14(12)19-11(18-13)5-6-20-7-10(15)16/h10H,4-7H2,1-3H3,(H,17,18,19). The molecular formula is C14H19F2N3OS. The van der Waals surface area contributed by atoms with E-state index >= 15 is 0 Å². The van der Waals surface area contributed by atoms with Gasteiger partial charge in [-0.1, -0.05) is 0 Å². The topological polar surface area (TPSA) is 47.0 Å². The van der Waals surface area contributed by atoms with Crippen LogP contribution in [0.25, 0.3) is 10.2 Å². The largest absolute Gasteiger partial charge is 0.375 e. The predicted molar refractivity (Wildman–Crippen MR) is 81.6 cm³/mol. The van der Waals surface area contributed by atoms with E-state index in [1.807, 2.05) is 6.92 Å². The average Bonchev–Trinajstić information content (AvgIpc) is 2.70. The summed E-state index contributed by atoms with van der Waals surface area (Å²) in [7, 11) is 0. The van der Waals surface area contributed by atoms with E-state index < -0.39 is 13.0 Å². The van der Waals surface area contributed by atoms with Crippen LogP contribution in [0.1, 0.15) is 23.2 Å². The number of alkyl halides is 2. The molecule has 0 aliphatic rings. The second kappa shape index (κ2) is 7.09. The van der Waals surface area contributed by atoms with Gasteiger partial charge in [0.15, 0.2) is 0 Å². The molecule has 0 aliphatic heterocycles. The lowest BCUT2D eigenvalue weighted by Gasteiger charge is -2.08. The van der Waals surface area contributed by atoms with E-state index in [1.54, 1.807) is 11.3 Å². The Morgan fingerprint density at radius 1 is 1.29 bits per heavy atom. The van der Waals surface area contributed by atoms with Crippen molar-refractivity contribution in [2.24, 2.45) is 0 Å². The number of anilines is 1. The Kier molecular flexibility index (Phi) is 5.41. The van der Waals surface area contributed by atoms with Crippen LogP contribution in [0.4, 0.5) is 14.6 Å². The highest BCUT2D eigenvalue weighted by Gasteiger charge is 2.14. The molecule has 4 nitrogen and oxygen atoms in total. The summed E-state index contributed by atoms with van der Waals surface area (Å²) in [6.07, 6.45) is -2.01. The van der Waals surface area contributed by atoms with Crippen molar-refractivity contribution in [2.45, 2.75) is 33.6 Å². The lowest BCUT2D eigenvalue weighted by molar-refractivity contribution is 0.0183. The zero-order valence-electron chi connectivity index (χ0n) is 12.4. The van der Waals surface area contributed by atoms with E-state index in [-0.39, 0.29) is 6.61 Å². The highest BCUT2D eigenvalue weighted by molar-refractivity contribution is 7.18. The highest BCUT2D eigenvalue weighted by atomic mass is 32.1. The Labute approximate surface area is 126 Å². The van der Waals surface area contributed by atoms with Gasteiger partial charge < -0.3 is 10.1 Å². The summed E-state index contributed by atoms with van der Waals surface area (Å²) in [5.41, 5.74) is 1.19. The number of aromatic nitrogens is 2. The van der Waals surface area contributed by atoms with Gasteiger partial charge in [-0.05, 0) is 26.3 Å². The minimum absolute atomic E-state index is 0.199. The van der Waals surface area contributed by atoms with Gasteiger partial charge in [-0.3, -0.25) is 0 Å². The van der Waals surface area contributed by atoms with Crippen molar-refractivity contribution in [1.82, 2.24) is 9.97 Å². The molecule has 2 aromatic rings. The maximum atomic E-state index is 12.0. The number of ether oxygens (including phenoxy) is 1. The second-order valence-electron chi connectivity index (χ2n) is 4.70. The molecule has 0 bridgehead atoms. The lowest BCUT2D eigenvalue weighted by Crippen LogP contribution is -2.10. The molecule has 0 atom stereocenters. The zero-order chi connectivity index (χ0) is 15.4. The number of thiophene rings is 1. The van der Waals surface area contributed by atoms with Gasteiger partial charge in [0.05, 0.1) is 12.0 Å². The van der Waals surface area contributed by atoms with Crippen molar-refractivity contribution in [3.63, 3.8) is 0 Å². The molecule has 2 aromatic heterocycles. The summed E-state index contributed by atoms with van der Waals surface area (Å²) >= 11 is 1.63. The highest BCUT2D eigenvalue weighted by Crippen LogP contribution is 2.33. The van der Waals surface area contributed by atoms with Gasteiger partial charge in [0.1, 0.15) is 23.1 Å². The van der Waals surface area contributed by atoms with Crippen LogP contribution in [0.2, 0.25) is 0 Å². The van der Waals surface area contributed by atoms with E-state index in [2.05, 4.69) is 29.1 Å². The molecule has 2 heterocycles.